The molecule has 0 N–H and O–H groups in total. The van der Waals surface area contributed by atoms with Crippen molar-refractivity contribution in [3.05, 3.63) is 57.9 Å². The lowest BCUT2D eigenvalue weighted by atomic mass is 10.0. The number of hydrogen-bond donors (Lipinski definition) is 0. The molecule has 0 fully saturated rings. The second kappa shape index (κ2) is 10.5. The first-order chi connectivity index (χ1) is 12.0. The number of aromatic nitrogens is 1. The molecule has 0 unspecified atom stereocenters. The third-order valence-corrected chi connectivity index (χ3v) is 3.97. The van der Waals surface area contributed by atoms with Crippen LogP contribution in [0.2, 0.25) is 5.02 Å². The van der Waals surface area contributed by atoms with Crippen LogP contribution in [0.25, 0.3) is 0 Å². The van der Waals surface area contributed by atoms with Crippen LogP contribution in [0.1, 0.15) is 34.1 Å². The van der Waals surface area contributed by atoms with E-state index in [0.717, 1.165) is 40.3 Å². The van der Waals surface area contributed by atoms with Crippen molar-refractivity contribution in [2.75, 3.05) is 7.11 Å². The Balaban J connectivity index is 0.000000597. The Kier molecular flexibility index (Phi) is 9.43. The van der Waals surface area contributed by atoms with Gasteiger partial charge in [0.1, 0.15) is 11.4 Å². The molecule has 0 saturated heterocycles. The first-order valence-electron chi connectivity index (χ1n) is 7.49. The van der Waals surface area contributed by atoms with Gasteiger partial charge in [-0.25, -0.2) is 0 Å². The number of pyridine rings is 1. The summed E-state index contributed by atoms with van der Waals surface area (Å²) in [6.07, 6.45) is 3.10. The molecule has 0 bridgehead atoms. The quantitative estimate of drug-likeness (QED) is 0.364. The van der Waals surface area contributed by atoms with E-state index in [1.54, 1.807) is 13.3 Å². The fraction of sp³-hybridized carbons (Fsp3) is 0.294. The third kappa shape index (κ3) is 8.28. The Labute approximate surface area is 172 Å². The molecule has 0 spiro atoms. The number of carbonyl (C=O) groups is 1. The minimum atomic E-state index is -3.22. The molecule has 0 atom stereocenters. The molecule has 1 aromatic heterocycles. The van der Waals surface area contributed by atoms with E-state index < -0.39 is 5.20 Å². The van der Waals surface area contributed by atoms with Crippen molar-refractivity contribution in [2.45, 2.75) is 26.7 Å². The smallest absolute Gasteiger partial charge is 0.339 e. The predicted octanol–water partition coefficient (Wildman–Crippen LogP) is 6.85. The molecule has 0 aliphatic heterocycles. The summed E-state index contributed by atoms with van der Waals surface area (Å²) in [4.78, 5) is 15.7. The van der Waals surface area contributed by atoms with Gasteiger partial charge in [-0.2, -0.15) is 0 Å². The summed E-state index contributed by atoms with van der Waals surface area (Å²) >= 11 is 20.2. The highest BCUT2D eigenvalue weighted by atomic mass is 36.0. The number of carbonyl (C=O) groups excluding carboxylic acids is 1. The molecule has 142 valence electrons. The van der Waals surface area contributed by atoms with Crippen molar-refractivity contribution >= 4 is 56.3 Å². The monoisotopic (exact) mass is 455 g/mol. The zero-order chi connectivity index (χ0) is 19.9. The molecule has 4 nitrogen and oxygen atoms in total. The van der Waals surface area contributed by atoms with Crippen LogP contribution in [0.3, 0.4) is 0 Å². The number of Topliss-reactive ketones (excluding diaryl/α,β-unsaturated/α-hetero) is 1. The number of halogens is 4. The molecule has 26 heavy (non-hydrogen) atoms. The lowest BCUT2D eigenvalue weighted by Crippen LogP contribution is -2.04. The SMILES string of the molecule is COc1cc(C)c(Cl)c(CCc2cccnc2C(C)=O)c1.O=P(Cl)(Cl)Cl. The van der Waals surface area contributed by atoms with Gasteiger partial charge in [-0.05, 0) is 88.4 Å². The van der Waals surface area contributed by atoms with Crippen LogP contribution in [0.15, 0.2) is 30.5 Å². The predicted molar refractivity (Wildman–Crippen MR) is 110 cm³/mol. The summed E-state index contributed by atoms with van der Waals surface area (Å²) in [5.41, 5.74) is 3.49. The lowest BCUT2D eigenvalue weighted by Gasteiger charge is -2.11. The van der Waals surface area contributed by atoms with Crippen molar-refractivity contribution in [3.63, 3.8) is 0 Å². The highest BCUT2D eigenvalue weighted by Gasteiger charge is 2.11. The zero-order valence-corrected chi connectivity index (χ0v) is 18.4. The van der Waals surface area contributed by atoms with E-state index >= 15 is 0 Å². The number of ketones is 1. The van der Waals surface area contributed by atoms with Crippen molar-refractivity contribution in [1.82, 2.24) is 4.98 Å². The number of benzene rings is 1. The normalized spacial score (nSPS) is 10.7. The number of nitrogens with zero attached hydrogens (tertiary/aromatic N) is 1. The molecule has 0 amide bonds. The number of rotatable bonds is 5. The van der Waals surface area contributed by atoms with Crippen LogP contribution >= 0.6 is 50.5 Å². The van der Waals surface area contributed by atoms with Gasteiger partial charge in [0.25, 0.3) is 0 Å². The second-order valence-corrected chi connectivity index (χ2v) is 12.4. The van der Waals surface area contributed by atoms with E-state index in [9.17, 15) is 9.36 Å². The maximum Gasteiger partial charge on any atom is 0.339 e. The molecule has 2 aromatic rings. The number of hydrogen-bond acceptors (Lipinski definition) is 4. The van der Waals surface area contributed by atoms with Gasteiger partial charge < -0.3 is 4.74 Å². The second-order valence-electron chi connectivity index (χ2n) is 5.38. The Morgan fingerprint density at radius 2 is 1.77 bits per heavy atom. The maximum absolute atomic E-state index is 11.6. The fourth-order valence-corrected chi connectivity index (χ4v) is 2.54. The molecule has 9 heteroatoms. The summed E-state index contributed by atoms with van der Waals surface area (Å²) in [5, 5.41) is -2.47. The fourth-order valence-electron chi connectivity index (χ4n) is 2.33. The Morgan fingerprint density at radius 1 is 1.19 bits per heavy atom. The van der Waals surface area contributed by atoms with Crippen LogP contribution in [0, 0.1) is 6.92 Å². The van der Waals surface area contributed by atoms with E-state index in [0.29, 0.717) is 5.69 Å². The summed E-state index contributed by atoms with van der Waals surface area (Å²) in [5.74, 6) is 0.781. The van der Waals surface area contributed by atoms with Gasteiger partial charge in [0, 0.05) is 18.1 Å². The maximum atomic E-state index is 11.6. The first kappa shape index (κ1) is 23.3. The first-order valence-corrected chi connectivity index (χ1v) is 12.3. The van der Waals surface area contributed by atoms with Gasteiger partial charge in [0.2, 0.25) is 0 Å². The minimum Gasteiger partial charge on any atom is -0.497 e. The summed E-state index contributed by atoms with van der Waals surface area (Å²) in [7, 11) is 1.64. The van der Waals surface area contributed by atoms with Crippen molar-refractivity contribution < 1.29 is 14.1 Å². The van der Waals surface area contributed by atoms with E-state index in [2.05, 4.69) is 38.7 Å². The van der Waals surface area contributed by atoms with Crippen LogP contribution < -0.4 is 4.74 Å². The summed E-state index contributed by atoms with van der Waals surface area (Å²) in [6.45, 7) is 3.49. The highest BCUT2D eigenvalue weighted by molar-refractivity contribution is 8.24. The van der Waals surface area contributed by atoms with Crippen LogP contribution in [0.5, 0.6) is 5.75 Å². The van der Waals surface area contributed by atoms with Crippen LogP contribution in [-0.2, 0) is 17.4 Å². The average molecular weight is 457 g/mol. The summed E-state index contributed by atoms with van der Waals surface area (Å²) in [6, 6.07) is 7.64. The lowest BCUT2D eigenvalue weighted by molar-refractivity contribution is 0.101. The van der Waals surface area contributed by atoms with Crippen LogP contribution in [0.4, 0.5) is 0 Å². The number of methoxy groups -OCH3 is 1. The highest BCUT2D eigenvalue weighted by Crippen LogP contribution is 2.61. The molecule has 0 aliphatic carbocycles. The standard InChI is InChI=1S/C17H18ClNO2.Cl3OP/c1-11-9-15(21-3)10-14(16(11)18)7-6-13-5-4-8-19-17(13)12(2)20;1-5(2,3)4/h4-5,8-10H,6-7H2,1-3H3;. The molecule has 0 saturated carbocycles. The zero-order valence-electron chi connectivity index (χ0n) is 14.4. The van der Waals surface area contributed by atoms with Gasteiger partial charge in [-0.1, -0.05) is 17.7 Å². The molecule has 1 heterocycles. The van der Waals surface area contributed by atoms with Gasteiger partial charge in [-0.15, -0.1) is 0 Å². The molecular weight excluding hydrogens is 439 g/mol. The Hall–Kier alpha value is -0.770. The van der Waals surface area contributed by atoms with E-state index in [-0.39, 0.29) is 5.78 Å². The minimum absolute atomic E-state index is 0.0153. The van der Waals surface area contributed by atoms with Gasteiger partial charge >= 0.3 is 5.20 Å². The molecule has 1 aromatic carbocycles. The average Bonchev–Trinajstić information content (AvgIpc) is 2.54. The topological polar surface area (TPSA) is 56.3 Å². The van der Waals surface area contributed by atoms with Crippen molar-refractivity contribution in [2.24, 2.45) is 0 Å². The molecule has 2 rings (SSSR count). The molecule has 0 radical (unpaired) electrons. The van der Waals surface area contributed by atoms with Gasteiger partial charge in [0.05, 0.1) is 7.11 Å². The number of aryl methyl sites for hydroxylation is 3. The van der Waals surface area contributed by atoms with E-state index in [1.165, 1.54) is 6.92 Å². The van der Waals surface area contributed by atoms with E-state index in [1.807, 2.05) is 31.2 Å². The van der Waals surface area contributed by atoms with Gasteiger partial charge in [-0.3, -0.25) is 14.3 Å². The third-order valence-electron chi connectivity index (χ3n) is 3.43. The van der Waals surface area contributed by atoms with Gasteiger partial charge in [0.15, 0.2) is 5.78 Å². The van der Waals surface area contributed by atoms with Crippen molar-refractivity contribution in [3.8, 4) is 5.75 Å². The van der Waals surface area contributed by atoms with E-state index in [4.69, 9.17) is 16.3 Å². The van der Waals surface area contributed by atoms with Crippen molar-refractivity contribution in [1.29, 1.82) is 0 Å². The largest absolute Gasteiger partial charge is 0.497 e. The Morgan fingerprint density at radius 3 is 2.31 bits per heavy atom. The summed E-state index contributed by atoms with van der Waals surface area (Å²) < 4.78 is 14.8. The Bertz CT molecular complexity index is 815. The number of ether oxygens (including phenoxy) is 1. The van der Waals surface area contributed by atoms with Crippen LogP contribution in [-0.4, -0.2) is 17.9 Å². The molecule has 0 aliphatic rings. The molecular formula is C17H18Cl4NO3P.